The second kappa shape index (κ2) is 4.82. The highest BCUT2D eigenvalue weighted by atomic mass is 16.2. The second-order valence-electron chi connectivity index (χ2n) is 6.43. The monoisotopic (exact) mass is 251 g/mol. The van der Waals surface area contributed by atoms with Crippen LogP contribution in [0.15, 0.2) is 0 Å². The molecular formula is C14H25N3O. The van der Waals surface area contributed by atoms with Crippen molar-refractivity contribution in [2.45, 2.75) is 56.5 Å². The average molecular weight is 251 g/mol. The average Bonchev–Trinajstić information content (AvgIpc) is 2.41. The quantitative estimate of drug-likeness (QED) is 0.765. The van der Waals surface area contributed by atoms with Crippen LogP contribution < -0.4 is 11.1 Å². The minimum absolute atomic E-state index is 0.112. The zero-order valence-corrected chi connectivity index (χ0v) is 11.2. The molecule has 3 N–H and O–H groups in total. The summed E-state index contributed by atoms with van der Waals surface area (Å²) >= 11 is 0. The molecule has 4 aliphatic rings. The van der Waals surface area contributed by atoms with Crippen molar-refractivity contribution in [1.82, 2.24) is 10.2 Å². The Hall–Kier alpha value is -0.610. The molecule has 1 saturated carbocycles. The van der Waals surface area contributed by atoms with Crippen molar-refractivity contribution in [3.05, 3.63) is 0 Å². The predicted octanol–water partition coefficient (Wildman–Crippen LogP) is 0.858. The van der Waals surface area contributed by atoms with Crippen molar-refractivity contribution in [1.29, 1.82) is 0 Å². The Balaban J connectivity index is 1.60. The van der Waals surface area contributed by atoms with E-state index in [4.69, 9.17) is 5.73 Å². The van der Waals surface area contributed by atoms with Gasteiger partial charge in [-0.1, -0.05) is 19.3 Å². The summed E-state index contributed by atoms with van der Waals surface area (Å²) in [6.07, 6.45) is 7.63. The molecule has 0 aromatic heterocycles. The first kappa shape index (κ1) is 12.4. The second-order valence-corrected chi connectivity index (χ2v) is 6.43. The normalized spacial score (nSPS) is 38.4. The van der Waals surface area contributed by atoms with E-state index in [0.717, 1.165) is 32.2 Å². The molecule has 1 atom stereocenters. The maximum absolute atomic E-state index is 12.4. The number of hydrogen-bond donors (Lipinski definition) is 2. The molecule has 1 aliphatic carbocycles. The van der Waals surface area contributed by atoms with Gasteiger partial charge in [0.1, 0.15) is 0 Å². The third kappa shape index (κ3) is 2.28. The number of hydrogen-bond acceptors (Lipinski definition) is 3. The largest absolute Gasteiger partial charge is 0.350 e. The third-order valence-electron chi connectivity index (χ3n) is 5.17. The van der Waals surface area contributed by atoms with E-state index < -0.39 is 5.54 Å². The van der Waals surface area contributed by atoms with Gasteiger partial charge in [0.25, 0.3) is 0 Å². The number of rotatable bonds is 2. The van der Waals surface area contributed by atoms with E-state index in [1.165, 1.54) is 32.4 Å². The third-order valence-corrected chi connectivity index (χ3v) is 5.17. The lowest BCUT2D eigenvalue weighted by atomic mass is 9.80. The maximum Gasteiger partial charge on any atom is 0.240 e. The van der Waals surface area contributed by atoms with Gasteiger partial charge in [0.2, 0.25) is 5.91 Å². The van der Waals surface area contributed by atoms with E-state index in [9.17, 15) is 4.79 Å². The van der Waals surface area contributed by atoms with Crippen molar-refractivity contribution < 1.29 is 4.79 Å². The van der Waals surface area contributed by atoms with Crippen LogP contribution >= 0.6 is 0 Å². The van der Waals surface area contributed by atoms with Gasteiger partial charge in [0, 0.05) is 12.6 Å². The van der Waals surface area contributed by atoms with E-state index in [0.29, 0.717) is 12.0 Å². The Labute approximate surface area is 109 Å². The van der Waals surface area contributed by atoms with E-state index in [-0.39, 0.29) is 5.91 Å². The zero-order chi connectivity index (χ0) is 12.6. The summed E-state index contributed by atoms with van der Waals surface area (Å²) in [5.74, 6) is 0.798. The van der Waals surface area contributed by atoms with Gasteiger partial charge in [0.15, 0.2) is 0 Å². The van der Waals surface area contributed by atoms with Crippen LogP contribution in [0.2, 0.25) is 0 Å². The first-order valence-corrected chi connectivity index (χ1v) is 7.50. The van der Waals surface area contributed by atoms with Gasteiger partial charge in [-0.15, -0.1) is 0 Å². The molecule has 4 rings (SSSR count). The van der Waals surface area contributed by atoms with Gasteiger partial charge in [-0.2, -0.15) is 0 Å². The minimum Gasteiger partial charge on any atom is -0.350 e. The summed E-state index contributed by atoms with van der Waals surface area (Å²) < 4.78 is 0. The van der Waals surface area contributed by atoms with Gasteiger partial charge in [-0.25, -0.2) is 0 Å². The summed E-state index contributed by atoms with van der Waals surface area (Å²) in [4.78, 5) is 14.9. The van der Waals surface area contributed by atoms with Crippen LogP contribution in [0, 0.1) is 5.92 Å². The number of nitrogens with one attached hydrogen (secondary N) is 1. The number of carbonyl (C=O) groups excluding carboxylic acids is 1. The molecule has 0 radical (unpaired) electrons. The summed E-state index contributed by atoms with van der Waals surface area (Å²) in [7, 11) is 0. The molecule has 102 valence electrons. The fourth-order valence-electron chi connectivity index (χ4n) is 3.85. The standard InChI is InChI=1S/C14H25N3O/c15-14(6-2-1-3-7-14)13(18)16-12-10-17-8-4-11(12)5-9-17/h11-12H,1-10,15H2,(H,16,18). The molecule has 3 aliphatic heterocycles. The fourth-order valence-corrected chi connectivity index (χ4v) is 3.85. The van der Waals surface area contributed by atoms with Crippen molar-refractivity contribution in [2.24, 2.45) is 11.7 Å². The number of piperidine rings is 3. The Kier molecular flexibility index (Phi) is 3.32. The van der Waals surface area contributed by atoms with Crippen molar-refractivity contribution in [2.75, 3.05) is 19.6 Å². The van der Waals surface area contributed by atoms with Crippen molar-refractivity contribution in [3.8, 4) is 0 Å². The molecule has 4 nitrogen and oxygen atoms in total. The van der Waals surface area contributed by atoms with Crippen LogP contribution in [0.3, 0.4) is 0 Å². The van der Waals surface area contributed by atoms with E-state index in [1.54, 1.807) is 0 Å². The highest BCUT2D eigenvalue weighted by Crippen LogP contribution is 2.30. The van der Waals surface area contributed by atoms with Crippen LogP contribution in [-0.4, -0.2) is 42.0 Å². The molecule has 1 unspecified atom stereocenters. The van der Waals surface area contributed by atoms with E-state index in [1.807, 2.05) is 0 Å². The predicted molar refractivity (Wildman–Crippen MR) is 71.1 cm³/mol. The van der Waals surface area contributed by atoms with Crippen LogP contribution in [0.1, 0.15) is 44.9 Å². The van der Waals surface area contributed by atoms with Gasteiger partial charge >= 0.3 is 0 Å². The lowest BCUT2D eigenvalue weighted by Crippen LogP contribution is -2.63. The molecule has 0 aromatic carbocycles. The lowest BCUT2D eigenvalue weighted by molar-refractivity contribution is -0.129. The Bertz CT molecular complexity index is 317. The van der Waals surface area contributed by atoms with Crippen molar-refractivity contribution >= 4 is 5.91 Å². The van der Waals surface area contributed by atoms with Gasteiger partial charge < -0.3 is 16.0 Å². The van der Waals surface area contributed by atoms with Gasteiger partial charge in [-0.3, -0.25) is 4.79 Å². The maximum atomic E-state index is 12.4. The molecule has 0 aromatic rings. The zero-order valence-electron chi connectivity index (χ0n) is 11.2. The molecule has 18 heavy (non-hydrogen) atoms. The summed E-state index contributed by atoms with van der Waals surface area (Å²) in [6, 6.07) is 0.349. The van der Waals surface area contributed by atoms with Crippen molar-refractivity contribution in [3.63, 3.8) is 0 Å². The SMILES string of the molecule is NC1(C(=O)NC2CN3CCC2CC3)CCCCC1. The van der Waals surface area contributed by atoms with E-state index >= 15 is 0 Å². The lowest BCUT2D eigenvalue weighted by Gasteiger charge is -2.46. The number of nitrogens with two attached hydrogens (primary N) is 1. The Morgan fingerprint density at radius 3 is 2.39 bits per heavy atom. The number of amides is 1. The number of fused-ring (bicyclic) bond motifs is 3. The first-order chi connectivity index (χ1) is 8.67. The first-order valence-electron chi connectivity index (χ1n) is 7.50. The Morgan fingerprint density at radius 2 is 1.83 bits per heavy atom. The molecule has 3 heterocycles. The molecule has 0 spiro atoms. The Morgan fingerprint density at radius 1 is 1.17 bits per heavy atom. The molecular weight excluding hydrogens is 226 g/mol. The molecule has 2 bridgehead atoms. The number of nitrogens with zero attached hydrogens (tertiary/aromatic N) is 1. The summed E-state index contributed by atoms with van der Waals surface area (Å²) in [5, 5.41) is 3.25. The fraction of sp³-hybridized carbons (Fsp3) is 0.929. The van der Waals surface area contributed by atoms with E-state index in [2.05, 4.69) is 10.2 Å². The number of carbonyl (C=O) groups is 1. The molecule has 1 amide bonds. The summed E-state index contributed by atoms with van der Waals surface area (Å²) in [5.41, 5.74) is 5.71. The smallest absolute Gasteiger partial charge is 0.240 e. The van der Waals surface area contributed by atoms with Crippen LogP contribution in [-0.2, 0) is 4.79 Å². The van der Waals surface area contributed by atoms with Crippen LogP contribution in [0.5, 0.6) is 0 Å². The highest BCUT2D eigenvalue weighted by molar-refractivity contribution is 5.86. The minimum atomic E-state index is -0.579. The molecule has 4 fully saturated rings. The van der Waals surface area contributed by atoms with Crippen LogP contribution in [0.4, 0.5) is 0 Å². The highest BCUT2D eigenvalue weighted by Gasteiger charge is 2.40. The van der Waals surface area contributed by atoms with Crippen LogP contribution in [0.25, 0.3) is 0 Å². The molecule has 4 heteroatoms. The van der Waals surface area contributed by atoms with Gasteiger partial charge in [0.05, 0.1) is 5.54 Å². The summed E-state index contributed by atoms with van der Waals surface area (Å²) in [6.45, 7) is 3.46. The topological polar surface area (TPSA) is 58.4 Å². The van der Waals surface area contributed by atoms with Gasteiger partial charge in [-0.05, 0) is 44.7 Å². The molecule has 3 saturated heterocycles.